The summed E-state index contributed by atoms with van der Waals surface area (Å²) in [4.78, 5) is 20.5. The van der Waals surface area contributed by atoms with Crippen molar-refractivity contribution in [3.05, 3.63) is 45.7 Å². The lowest BCUT2D eigenvalue weighted by Crippen LogP contribution is -2.45. The fourth-order valence-corrected chi connectivity index (χ4v) is 3.73. The van der Waals surface area contributed by atoms with Gasteiger partial charge in [0.2, 0.25) is 11.9 Å². The van der Waals surface area contributed by atoms with E-state index in [2.05, 4.69) is 38.1 Å². The second-order valence-electron chi connectivity index (χ2n) is 7.37. The molecule has 1 aliphatic heterocycles. The normalized spacial score (nSPS) is 16.0. The number of piperazine rings is 1. The number of aromatic nitrogens is 2. The van der Waals surface area contributed by atoms with Gasteiger partial charge in [-0.1, -0.05) is 30.1 Å². The van der Waals surface area contributed by atoms with Crippen LogP contribution in [0.1, 0.15) is 18.3 Å². The van der Waals surface area contributed by atoms with Crippen molar-refractivity contribution in [1.82, 2.24) is 19.8 Å². The smallest absolute Gasteiger partial charge is 0.232 e. The van der Waals surface area contributed by atoms with Gasteiger partial charge in [-0.25, -0.2) is 9.97 Å². The molecule has 0 aliphatic carbocycles. The van der Waals surface area contributed by atoms with Crippen LogP contribution in [0.15, 0.2) is 29.3 Å². The highest BCUT2D eigenvalue weighted by atomic mass is 35.5. The van der Waals surface area contributed by atoms with Crippen LogP contribution in [0.5, 0.6) is 0 Å². The summed E-state index contributed by atoms with van der Waals surface area (Å²) >= 11 is 12.1. The Hall–Kier alpha value is -1.93. The number of halogens is 2. The molecule has 7 nitrogen and oxygen atoms in total. The molecule has 1 aromatic heterocycles. The fourth-order valence-electron chi connectivity index (χ4n) is 3.43. The molecule has 1 aliphatic rings. The lowest BCUT2D eigenvalue weighted by atomic mass is 10.2. The van der Waals surface area contributed by atoms with Crippen LogP contribution in [0.4, 0.5) is 11.6 Å². The van der Waals surface area contributed by atoms with Crippen LogP contribution in [-0.4, -0.2) is 72.5 Å². The number of hydrogen-bond donors (Lipinski definition) is 1. The first-order valence-corrected chi connectivity index (χ1v) is 10.9. The van der Waals surface area contributed by atoms with E-state index >= 15 is 0 Å². The van der Waals surface area contributed by atoms with Gasteiger partial charge in [0.05, 0.1) is 15.7 Å². The maximum absolute atomic E-state index is 6.13. The second-order valence-corrected chi connectivity index (χ2v) is 8.19. The van der Waals surface area contributed by atoms with Crippen LogP contribution in [0.25, 0.3) is 0 Å². The van der Waals surface area contributed by atoms with Gasteiger partial charge in [0.25, 0.3) is 0 Å². The lowest BCUT2D eigenvalue weighted by Gasteiger charge is -2.33. The summed E-state index contributed by atoms with van der Waals surface area (Å²) in [6, 6.07) is 7.42. The molecule has 2 heterocycles. The van der Waals surface area contributed by atoms with Gasteiger partial charge in [-0.2, -0.15) is 0 Å². The zero-order chi connectivity index (χ0) is 21.7. The number of likely N-dealkylation sites (N-methyl/N-ethyl adjacent to an activating group) is 1. The minimum Gasteiger partial charge on any atom is -0.326 e. The first-order chi connectivity index (χ1) is 14.4. The second kappa shape index (κ2) is 10.4. The van der Waals surface area contributed by atoms with Crippen LogP contribution < -0.4 is 10.2 Å². The van der Waals surface area contributed by atoms with Gasteiger partial charge in [0.1, 0.15) is 0 Å². The third-order valence-electron chi connectivity index (χ3n) is 5.20. The zero-order valence-electron chi connectivity index (χ0n) is 18.0. The molecule has 0 saturated carbocycles. The van der Waals surface area contributed by atoms with E-state index in [1.807, 2.05) is 24.9 Å². The average molecular weight is 450 g/mol. The molecule has 9 heteroatoms. The molecule has 1 fully saturated rings. The average Bonchev–Trinajstić information content (AvgIpc) is 2.74. The summed E-state index contributed by atoms with van der Waals surface area (Å²) in [5.74, 6) is 1.21. The highest BCUT2D eigenvalue weighted by Gasteiger charge is 2.18. The summed E-state index contributed by atoms with van der Waals surface area (Å²) in [5, 5.41) is 4.26. The third-order valence-corrected chi connectivity index (χ3v) is 5.94. The van der Waals surface area contributed by atoms with Gasteiger partial charge < -0.3 is 10.2 Å². The molecule has 30 heavy (non-hydrogen) atoms. The molecular weight excluding hydrogens is 421 g/mol. The first-order valence-electron chi connectivity index (χ1n) is 10.1. The Bertz CT molecular complexity index is 895. The van der Waals surface area contributed by atoms with E-state index in [9.17, 15) is 0 Å². The number of guanidine groups is 1. The van der Waals surface area contributed by atoms with Crippen molar-refractivity contribution in [2.24, 2.45) is 4.99 Å². The number of aliphatic imine (C=N–C) groups is 1. The summed E-state index contributed by atoms with van der Waals surface area (Å²) in [7, 11) is 3.62. The van der Waals surface area contributed by atoms with Crippen molar-refractivity contribution in [1.29, 1.82) is 0 Å². The quantitative estimate of drug-likeness (QED) is 0.553. The molecule has 1 N–H and O–H groups in total. The molecule has 0 spiro atoms. The van der Waals surface area contributed by atoms with E-state index in [0.717, 1.165) is 56.3 Å². The Labute approximate surface area is 188 Å². The van der Waals surface area contributed by atoms with Crippen molar-refractivity contribution in [2.45, 2.75) is 20.4 Å². The third kappa shape index (κ3) is 5.82. The zero-order valence-corrected chi connectivity index (χ0v) is 19.5. The van der Waals surface area contributed by atoms with Gasteiger partial charge in [-0.15, -0.1) is 0 Å². The lowest BCUT2D eigenvalue weighted by molar-refractivity contribution is 0.131. The van der Waals surface area contributed by atoms with Gasteiger partial charge in [-0.05, 0) is 37.7 Å². The number of hydrogen-bond acceptors (Lipinski definition) is 5. The molecule has 0 amide bonds. The highest BCUT2D eigenvalue weighted by Crippen LogP contribution is 2.25. The molecule has 0 unspecified atom stereocenters. The van der Waals surface area contributed by atoms with Gasteiger partial charge in [0, 0.05) is 58.2 Å². The number of nitrogens with one attached hydrogen (secondary N) is 1. The number of nitrogens with zero attached hydrogens (tertiary/aromatic N) is 6. The Kier molecular flexibility index (Phi) is 7.88. The standard InChI is InChI=1S/C21H29Cl2N7/c1-5-29-8-10-30(11-9-29)14-17-12-15(2)25-21(27-17)28(4)20(24-3)26-16-6-7-18(22)19(23)13-16/h6-7,12-13H,5,8-11,14H2,1-4H3,(H,24,26). The van der Waals surface area contributed by atoms with Crippen LogP contribution in [-0.2, 0) is 6.54 Å². The number of benzene rings is 1. The molecule has 3 rings (SSSR count). The Morgan fingerprint density at radius 2 is 1.80 bits per heavy atom. The Morgan fingerprint density at radius 1 is 1.10 bits per heavy atom. The van der Waals surface area contributed by atoms with Crippen molar-refractivity contribution in [3.63, 3.8) is 0 Å². The molecule has 1 aromatic carbocycles. The first kappa shape index (κ1) is 22.7. The largest absolute Gasteiger partial charge is 0.326 e. The molecular formula is C21H29Cl2N7. The monoisotopic (exact) mass is 449 g/mol. The summed E-state index contributed by atoms with van der Waals surface area (Å²) < 4.78 is 0. The maximum Gasteiger partial charge on any atom is 0.232 e. The fraction of sp³-hybridized carbons (Fsp3) is 0.476. The van der Waals surface area contributed by atoms with Gasteiger partial charge >= 0.3 is 0 Å². The van der Waals surface area contributed by atoms with Crippen LogP contribution in [0.3, 0.4) is 0 Å². The van der Waals surface area contributed by atoms with Crippen LogP contribution in [0, 0.1) is 6.92 Å². The van der Waals surface area contributed by atoms with Crippen molar-refractivity contribution in [2.75, 3.05) is 57.0 Å². The van der Waals surface area contributed by atoms with E-state index in [1.165, 1.54) is 0 Å². The topological polar surface area (TPSA) is 59.9 Å². The molecule has 0 radical (unpaired) electrons. The van der Waals surface area contributed by atoms with E-state index in [4.69, 9.17) is 28.2 Å². The Morgan fingerprint density at radius 3 is 2.43 bits per heavy atom. The number of anilines is 2. The van der Waals surface area contributed by atoms with Gasteiger partial charge in [-0.3, -0.25) is 14.8 Å². The predicted octanol–water partition coefficient (Wildman–Crippen LogP) is 3.76. The predicted molar refractivity (Wildman–Crippen MR) is 126 cm³/mol. The van der Waals surface area contributed by atoms with Crippen molar-refractivity contribution >= 4 is 40.8 Å². The van der Waals surface area contributed by atoms with Crippen molar-refractivity contribution in [3.8, 4) is 0 Å². The van der Waals surface area contributed by atoms with Crippen LogP contribution in [0.2, 0.25) is 10.0 Å². The molecule has 0 bridgehead atoms. The molecule has 2 aromatic rings. The molecule has 162 valence electrons. The van der Waals surface area contributed by atoms with E-state index in [0.29, 0.717) is 22.0 Å². The molecule has 0 atom stereocenters. The summed E-state index contributed by atoms with van der Waals surface area (Å²) in [6.45, 7) is 10.5. The SMILES string of the molecule is CCN1CCN(Cc2cc(C)nc(N(C)/C(=N\C)Nc3ccc(Cl)c(Cl)c3)n2)CC1. The summed E-state index contributed by atoms with van der Waals surface area (Å²) in [6.07, 6.45) is 0. The van der Waals surface area contributed by atoms with Gasteiger partial charge in [0.15, 0.2) is 0 Å². The number of aryl methyl sites for hydroxylation is 1. The maximum atomic E-state index is 6.13. The van der Waals surface area contributed by atoms with E-state index in [-0.39, 0.29) is 0 Å². The van der Waals surface area contributed by atoms with E-state index in [1.54, 1.807) is 19.2 Å². The minimum absolute atomic E-state index is 0.483. The minimum atomic E-state index is 0.483. The van der Waals surface area contributed by atoms with Crippen LogP contribution >= 0.6 is 23.2 Å². The number of rotatable bonds is 5. The van der Waals surface area contributed by atoms with E-state index < -0.39 is 0 Å². The summed E-state index contributed by atoms with van der Waals surface area (Å²) in [5.41, 5.74) is 2.73. The Balaban J connectivity index is 1.72. The van der Waals surface area contributed by atoms with Crippen molar-refractivity contribution < 1.29 is 0 Å². The molecule has 1 saturated heterocycles. The highest BCUT2D eigenvalue weighted by molar-refractivity contribution is 6.42.